The van der Waals surface area contributed by atoms with E-state index in [0.717, 1.165) is 66.0 Å². The van der Waals surface area contributed by atoms with Crippen LogP contribution in [0.25, 0.3) is 0 Å². The van der Waals surface area contributed by atoms with Crippen molar-refractivity contribution in [2.45, 2.75) is 38.8 Å². The minimum atomic E-state index is -0.101. The molecule has 0 fully saturated rings. The number of rotatable bonds is 8. The number of hydrogen-bond donors (Lipinski definition) is 1. The zero-order valence-electron chi connectivity index (χ0n) is 19.4. The molecule has 1 aliphatic rings. The molecule has 2 aromatic carbocycles. The van der Waals surface area contributed by atoms with Crippen molar-refractivity contribution in [3.05, 3.63) is 101 Å². The maximum absolute atomic E-state index is 13.3. The van der Waals surface area contributed by atoms with Crippen LogP contribution in [0.15, 0.2) is 70.3 Å². The highest BCUT2D eigenvalue weighted by Crippen LogP contribution is 2.40. The highest BCUT2D eigenvalue weighted by atomic mass is 127. The van der Waals surface area contributed by atoms with E-state index in [9.17, 15) is 4.79 Å². The number of nitrogens with one attached hydrogen (secondary N) is 1. The molecular formula is C28H24I2N2O3S. The lowest BCUT2D eigenvalue weighted by Crippen LogP contribution is -2.23. The summed E-state index contributed by atoms with van der Waals surface area (Å²) < 4.78 is 13.8. The summed E-state index contributed by atoms with van der Waals surface area (Å²) in [6.45, 7) is 0.832. The topological polar surface area (TPSA) is 63.8 Å². The molecular weight excluding hydrogens is 698 g/mol. The van der Waals surface area contributed by atoms with Crippen molar-refractivity contribution in [1.29, 1.82) is 0 Å². The fourth-order valence-corrected chi connectivity index (χ4v) is 7.51. The number of hydrogen-bond acceptors (Lipinski definition) is 5. The van der Waals surface area contributed by atoms with Crippen molar-refractivity contribution in [3.63, 3.8) is 0 Å². The quantitative estimate of drug-likeness (QED) is 0.150. The zero-order chi connectivity index (χ0) is 24.9. The summed E-state index contributed by atoms with van der Waals surface area (Å²) in [6.07, 6.45) is 7.61. The molecule has 5 rings (SSSR count). The Balaban J connectivity index is 1.44. The van der Waals surface area contributed by atoms with E-state index in [4.69, 9.17) is 14.1 Å². The molecule has 0 radical (unpaired) electrons. The molecule has 0 unspecified atom stereocenters. The number of carbonyl (C=O) groups excluding carboxylic acids is 1. The SMILES string of the molecule is O=C(NCc1ccco1)c1c(N=Cc2cc(I)cc(I)c2OCc2ccccc2)sc2c1CCCC2. The average molecular weight is 722 g/mol. The van der Waals surface area contributed by atoms with Gasteiger partial charge in [-0.3, -0.25) is 4.79 Å². The van der Waals surface area contributed by atoms with E-state index in [1.807, 2.05) is 36.5 Å². The van der Waals surface area contributed by atoms with Crippen LogP contribution < -0.4 is 10.1 Å². The number of amides is 1. The molecule has 2 aromatic heterocycles. The van der Waals surface area contributed by atoms with E-state index < -0.39 is 0 Å². The van der Waals surface area contributed by atoms with Gasteiger partial charge in [0.05, 0.1) is 21.9 Å². The summed E-state index contributed by atoms with van der Waals surface area (Å²) in [7, 11) is 0. The summed E-state index contributed by atoms with van der Waals surface area (Å²) in [5.41, 5.74) is 3.85. The van der Waals surface area contributed by atoms with Gasteiger partial charge in [-0.25, -0.2) is 4.99 Å². The van der Waals surface area contributed by atoms with Crippen LogP contribution in [0.4, 0.5) is 5.00 Å². The molecule has 0 saturated carbocycles. The molecule has 1 aliphatic carbocycles. The number of carbonyl (C=O) groups is 1. The van der Waals surface area contributed by atoms with Gasteiger partial charge in [-0.2, -0.15) is 0 Å². The summed E-state index contributed by atoms with van der Waals surface area (Å²) in [4.78, 5) is 19.4. The standard InChI is InChI=1S/C28H24I2N2O3S/c29-20-13-19(26(23(30)14-20)35-17-18-7-2-1-3-8-18)15-32-28-25(22-10-4-5-11-24(22)36-28)27(33)31-16-21-9-6-12-34-21/h1-3,6-9,12-15H,4-5,10-11,16-17H2,(H,31,33). The van der Waals surface area contributed by atoms with E-state index in [1.54, 1.807) is 17.6 Å². The smallest absolute Gasteiger partial charge is 0.255 e. The van der Waals surface area contributed by atoms with Gasteiger partial charge in [0, 0.05) is 20.2 Å². The van der Waals surface area contributed by atoms with Crippen LogP contribution in [-0.4, -0.2) is 12.1 Å². The number of halogens is 2. The van der Waals surface area contributed by atoms with Gasteiger partial charge in [0.2, 0.25) is 0 Å². The molecule has 0 saturated heterocycles. The van der Waals surface area contributed by atoms with Gasteiger partial charge < -0.3 is 14.5 Å². The Labute approximate surface area is 241 Å². The minimum Gasteiger partial charge on any atom is -0.487 e. The van der Waals surface area contributed by atoms with Gasteiger partial charge in [0.15, 0.2) is 0 Å². The van der Waals surface area contributed by atoms with E-state index in [-0.39, 0.29) is 5.91 Å². The van der Waals surface area contributed by atoms with Crippen LogP contribution in [0, 0.1) is 7.14 Å². The van der Waals surface area contributed by atoms with Crippen LogP contribution >= 0.6 is 56.5 Å². The lowest BCUT2D eigenvalue weighted by molar-refractivity contribution is 0.0948. The van der Waals surface area contributed by atoms with Gasteiger partial charge >= 0.3 is 0 Å². The third-order valence-electron chi connectivity index (χ3n) is 5.97. The normalized spacial score (nSPS) is 13.1. The highest BCUT2D eigenvalue weighted by molar-refractivity contribution is 14.1. The van der Waals surface area contributed by atoms with E-state index in [1.165, 1.54) is 4.88 Å². The third-order valence-corrected chi connectivity index (χ3v) is 8.59. The fraction of sp³-hybridized carbons (Fsp3) is 0.214. The maximum Gasteiger partial charge on any atom is 0.255 e. The molecule has 2 heterocycles. The second-order valence-electron chi connectivity index (χ2n) is 8.49. The Morgan fingerprint density at radius 1 is 1.11 bits per heavy atom. The van der Waals surface area contributed by atoms with Gasteiger partial charge in [-0.15, -0.1) is 11.3 Å². The molecule has 0 bridgehead atoms. The van der Waals surface area contributed by atoms with Gasteiger partial charge in [-0.05, 0) is 106 Å². The first-order valence-corrected chi connectivity index (χ1v) is 14.7. The first-order valence-electron chi connectivity index (χ1n) is 11.7. The number of ether oxygens (including phenoxy) is 1. The number of aliphatic imine (C=N–C) groups is 1. The summed E-state index contributed by atoms with van der Waals surface area (Å²) in [5.74, 6) is 1.43. The van der Waals surface area contributed by atoms with Crippen molar-refractivity contribution in [2.75, 3.05) is 0 Å². The second-order valence-corrected chi connectivity index (χ2v) is 12.0. The van der Waals surface area contributed by atoms with E-state index in [2.05, 4.69) is 74.8 Å². The number of furan rings is 1. The van der Waals surface area contributed by atoms with Gasteiger partial charge in [0.1, 0.15) is 23.1 Å². The number of thiophene rings is 1. The average Bonchev–Trinajstić information content (AvgIpc) is 3.53. The van der Waals surface area contributed by atoms with Gasteiger partial charge in [-0.1, -0.05) is 30.3 Å². The van der Waals surface area contributed by atoms with Crippen LogP contribution in [0.2, 0.25) is 0 Å². The van der Waals surface area contributed by atoms with Crippen molar-refractivity contribution < 1.29 is 13.9 Å². The van der Waals surface area contributed by atoms with Crippen molar-refractivity contribution in [3.8, 4) is 5.75 Å². The molecule has 0 spiro atoms. The Morgan fingerprint density at radius 2 is 1.94 bits per heavy atom. The number of nitrogens with zero attached hydrogens (tertiary/aromatic N) is 1. The van der Waals surface area contributed by atoms with Gasteiger partial charge in [0.25, 0.3) is 5.91 Å². The highest BCUT2D eigenvalue weighted by Gasteiger charge is 2.25. The summed E-state index contributed by atoms with van der Waals surface area (Å²) >= 11 is 6.25. The Morgan fingerprint density at radius 3 is 2.75 bits per heavy atom. The number of benzene rings is 2. The van der Waals surface area contributed by atoms with Crippen LogP contribution in [0.3, 0.4) is 0 Å². The first kappa shape index (κ1) is 25.5. The molecule has 5 nitrogen and oxygen atoms in total. The Hall–Kier alpha value is -2.18. The minimum absolute atomic E-state index is 0.101. The first-order chi connectivity index (χ1) is 17.6. The van der Waals surface area contributed by atoms with E-state index in [0.29, 0.717) is 18.7 Å². The number of aryl methyl sites for hydroxylation is 1. The summed E-state index contributed by atoms with van der Waals surface area (Å²) in [5, 5.41) is 3.77. The fourth-order valence-electron chi connectivity index (χ4n) is 4.23. The second kappa shape index (κ2) is 11.9. The molecule has 0 atom stereocenters. The predicted molar refractivity (Wildman–Crippen MR) is 161 cm³/mol. The monoisotopic (exact) mass is 722 g/mol. The largest absolute Gasteiger partial charge is 0.487 e. The third kappa shape index (κ3) is 6.03. The molecule has 0 aliphatic heterocycles. The molecule has 184 valence electrons. The zero-order valence-corrected chi connectivity index (χ0v) is 24.6. The Bertz CT molecular complexity index is 1380. The lowest BCUT2D eigenvalue weighted by atomic mass is 9.95. The molecule has 1 N–H and O–H groups in total. The van der Waals surface area contributed by atoms with Crippen LogP contribution in [-0.2, 0) is 26.0 Å². The Kier molecular flexibility index (Phi) is 8.43. The van der Waals surface area contributed by atoms with Crippen molar-refractivity contribution in [1.82, 2.24) is 5.32 Å². The van der Waals surface area contributed by atoms with Crippen LogP contribution in [0.5, 0.6) is 5.75 Å². The molecule has 8 heteroatoms. The van der Waals surface area contributed by atoms with Crippen molar-refractivity contribution >= 4 is 73.6 Å². The maximum atomic E-state index is 13.3. The van der Waals surface area contributed by atoms with E-state index >= 15 is 0 Å². The summed E-state index contributed by atoms with van der Waals surface area (Å²) in [6, 6.07) is 18.0. The predicted octanol–water partition coefficient (Wildman–Crippen LogP) is 7.69. The molecule has 36 heavy (non-hydrogen) atoms. The van der Waals surface area contributed by atoms with Crippen LogP contribution in [0.1, 0.15) is 50.5 Å². The molecule has 1 amide bonds. The number of fused-ring (bicyclic) bond motifs is 1. The van der Waals surface area contributed by atoms with Crippen molar-refractivity contribution in [2.24, 2.45) is 4.99 Å². The molecule has 4 aromatic rings. The lowest BCUT2D eigenvalue weighted by Gasteiger charge is -2.13.